The smallest absolute Gasteiger partial charge is 0.113 e. The number of nitrogens with zero attached hydrogens (tertiary/aromatic N) is 4. The molecule has 4 rings (SSSR count). The largest absolute Gasteiger partial charge is 0.278 e. The fraction of sp³-hybridized carbons (Fsp3) is 0.0625. The van der Waals surface area contributed by atoms with Crippen molar-refractivity contribution in [3.8, 4) is 11.3 Å². The van der Waals surface area contributed by atoms with Crippen LogP contribution in [-0.4, -0.2) is 25.2 Å². The Morgan fingerprint density at radius 1 is 1.09 bits per heavy atom. The third kappa shape index (κ3) is 2.81. The predicted molar refractivity (Wildman–Crippen MR) is 90.7 cm³/mol. The molecule has 4 aromatic rings. The molecule has 0 aliphatic heterocycles. The van der Waals surface area contributed by atoms with Crippen molar-refractivity contribution < 1.29 is 0 Å². The Labute approximate surface area is 141 Å². The third-order valence-electron chi connectivity index (χ3n) is 3.62. The summed E-state index contributed by atoms with van der Waals surface area (Å²) >= 11 is 12.1. The van der Waals surface area contributed by atoms with Gasteiger partial charge in [0, 0.05) is 21.0 Å². The van der Waals surface area contributed by atoms with Gasteiger partial charge in [-0.2, -0.15) is 5.10 Å². The Hall–Kier alpha value is -2.37. The van der Waals surface area contributed by atoms with Crippen LogP contribution >= 0.6 is 23.2 Å². The van der Waals surface area contributed by atoms with Crippen molar-refractivity contribution in [2.24, 2.45) is 0 Å². The van der Waals surface area contributed by atoms with Gasteiger partial charge in [-0.1, -0.05) is 40.5 Å². The molecule has 0 atom stereocenters. The maximum absolute atomic E-state index is 6.20. The molecular weight excluding hydrogens is 333 g/mol. The minimum absolute atomic E-state index is 0.539. The lowest BCUT2D eigenvalue weighted by atomic mass is 10.1. The van der Waals surface area contributed by atoms with E-state index in [-0.39, 0.29) is 0 Å². The maximum Gasteiger partial charge on any atom is 0.113 e. The molecule has 114 valence electrons. The topological polar surface area (TPSA) is 59.4 Å². The van der Waals surface area contributed by atoms with Crippen molar-refractivity contribution in [3.05, 3.63) is 64.4 Å². The van der Waals surface area contributed by atoms with E-state index in [4.69, 9.17) is 23.2 Å². The van der Waals surface area contributed by atoms with E-state index in [2.05, 4.69) is 20.5 Å². The molecule has 0 saturated heterocycles. The number of aromatic amines is 1. The quantitative estimate of drug-likeness (QED) is 0.607. The highest BCUT2D eigenvalue weighted by molar-refractivity contribution is 6.35. The van der Waals surface area contributed by atoms with Crippen LogP contribution in [0, 0.1) is 0 Å². The molecule has 7 heteroatoms. The van der Waals surface area contributed by atoms with Gasteiger partial charge in [0.25, 0.3) is 0 Å². The lowest BCUT2D eigenvalue weighted by Gasteiger charge is -2.04. The summed E-state index contributed by atoms with van der Waals surface area (Å²) in [5.74, 6) is 0. The maximum atomic E-state index is 6.20. The summed E-state index contributed by atoms with van der Waals surface area (Å²) in [5.41, 5.74) is 3.73. The second kappa shape index (κ2) is 5.68. The molecule has 2 aromatic heterocycles. The van der Waals surface area contributed by atoms with Gasteiger partial charge in [0.05, 0.1) is 24.5 Å². The van der Waals surface area contributed by atoms with Crippen molar-refractivity contribution >= 4 is 34.1 Å². The summed E-state index contributed by atoms with van der Waals surface area (Å²) < 4.78 is 1.75. The average Bonchev–Trinajstić information content (AvgIpc) is 3.18. The van der Waals surface area contributed by atoms with Gasteiger partial charge in [-0.05, 0) is 29.8 Å². The van der Waals surface area contributed by atoms with Crippen LogP contribution in [-0.2, 0) is 6.54 Å². The van der Waals surface area contributed by atoms with Crippen molar-refractivity contribution in [1.29, 1.82) is 0 Å². The minimum Gasteiger partial charge on any atom is -0.278 e. The van der Waals surface area contributed by atoms with Crippen LogP contribution in [0.3, 0.4) is 0 Å². The zero-order valence-corrected chi connectivity index (χ0v) is 13.4. The molecule has 2 aromatic carbocycles. The van der Waals surface area contributed by atoms with E-state index in [1.807, 2.05) is 36.5 Å². The van der Waals surface area contributed by atoms with E-state index in [0.29, 0.717) is 16.6 Å². The molecule has 2 heterocycles. The number of benzene rings is 2. The third-order valence-corrected chi connectivity index (χ3v) is 4.21. The summed E-state index contributed by atoms with van der Waals surface area (Å²) in [6.07, 6.45) is 3.68. The Morgan fingerprint density at radius 3 is 2.87 bits per heavy atom. The second-order valence-electron chi connectivity index (χ2n) is 5.21. The second-order valence-corrected chi connectivity index (χ2v) is 6.05. The van der Waals surface area contributed by atoms with E-state index < -0.39 is 0 Å². The van der Waals surface area contributed by atoms with Crippen LogP contribution in [0.15, 0.2) is 48.8 Å². The molecule has 0 amide bonds. The number of hydrogen-bond donors (Lipinski definition) is 1. The number of aromatic nitrogens is 5. The Balaban J connectivity index is 1.63. The molecular formula is C16H11Cl2N5. The van der Waals surface area contributed by atoms with E-state index in [9.17, 15) is 0 Å². The van der Waals surface area contributed by atoms with Gasteiger partial charge in [0.2, 0.25) is 0 Å². The van der Waals surface area contributed by atoms with Crippen LogP contribution in [0.2, 0.25) is 10.0 Å². The molecule has 1 N–H and O–H groups in total. The van der Waals surface area contributed by atoms with Crippen LogP contribution in [0.25, 0.3) is 22.2 Å². The fourth-order valence-electron chi connectivity index (χ4n) is 2.43. The minimum atomic E-state index is 0.539. The van der Waals surface area contributed by atoms with Crippen LogP contribution in [0.1, 0.15) is 5.56 Å². The summed E-state index contributed by atoms with van der Waals surface area (Å²) in [6.45, 7) is 0.539. The highest BCUT2D eigenvalue weighted by Crippen LogP contribution is 2.24. The van der Waals surface area contributed by atoms with Crippen LogP contribution in [0.4, 0.5) is 0 Å². The Morgan fingerprint density at radius 2 is 2.00 bits per heavy atom. The highest BCUT2D eigenvalue weighted by atomic mass is 35.5. The molecule has 23 heavy (non-hydrogen) atoms. The Bertz CT molecular complexity index is 989. The first kappa shape index (κ1) is 14.2. The van der Waals surface area contributed by atoms with Gasteiger partial charge in [0.1, 0.15) is 5.69 Å². The van der Waals surface area contributed by atoms with Gasteiger partial charge >= 0.3 is 0 Å². The van der Waals surface area contributed by atoms with E-state index in [0.717, 1.165) is 27.7 Å². The van der Waals surface area contributed by atoms with E-state index in [1.54, 1.807) is 16.9 Å². The zero-order chi connectivity index (χ0) is 15.8. The molecule has 0 fully saturated rings. The lowest BCUT2D eigenvalue weighted by molar-refractivity contribution is 0.650. The predicted octanol–water partition coefficient (Wildman–Crippen LogP) is 4.18. The normalized spacial score (nSPS) is 11.2. The number of fused-ring (bicyclic) bond motifs is 1. The number of halogens is 2. The van der Waals surface area contributed by atoms with Crippen molar-refractivity contribution in [1.82, 2.24) is 25.2 Å². The van der Waals surface area contributed by atoms with E-state index in [1.165, 1.54) is 0 Å². The van der Waals surface area contributed by atoms with E-state index >= 15 is 0 Å². The molecule has 0 bridgehead atoms. The monoisotopic (exact) mass is 343 g/mol. The van der Waals surface area contributed by atoms with Gasteiger partial charge in [-0.3, -0.25) is 5.10 Å². The zero-order valence-electron chi connectivity index (χ0n) is 11.9. The molecule has 0 saturated carbocycles. The summed E-state index contributed by atoms with van der Waals surface area (Å²) in [4.78, 5) is 0. The molecule has 0 spiro atoms. The van der Waals surface area contributed by atoms with Gasteiger partial charge in [0.15, 0.2) is 0 Å². The molecule has 0 aliphatic rings. The summed E-state index contributed by atoms with van der Waals surface area (Å²) in [6, 6.07) is 11.4. The standard InChI is InChI=1S/C16H11Cl2N5/c17-13-3-1-11(14(18)6-13)8-23-9-16(21-22-23)10-2-4-15-12(5-10)7-19-20-15/h1-7,9H,8H2,(H,19,20). The molecule has 0 unspecified atom stereocenters. The fourth-order valence-corrected chi connectivity index (χ4v) is 2.90. The van der Waals surface area contributed by atoms with Crippen LogP contribution in [0.5, 0.6) is 0 Å². The Kier molecular flexibility index (Phi) is 3.52. The SMILES string of the molecule is Clc1ccc(Cn2cc(-c3ccc4[nH]ncc4c3)nn2)c(Cl)c1. The van der Waals surface area contributed by atoms with Gasteiger partial charge < -0.3 is 0 Å². The van der Waals surface area contributed by atoms with Crippen molar-refractivity contribution in [2.75, 3.05) is 0 Å². The first-order valence-corrected chi connectivity index (χ1v) is 7.72. The average molecular weight is 344 g/mol. The van der Waals surface area contributed by atoms with Gasteiger partial charge in [-0.25, -0.2) is 4.68 Å². The molecule has 0 aliphatic carbocycles. The highest BCUT2D eigenvalue weighted by Gasteiger charge is 2.08. The molecule has 0 radical (unpaired) electrons. The summed E-state index contributed by atoms with van der Waals surface area (Å²) in [7, 11) is 0. The number of rotatable bonds is 3. The summed E-state index contributed by atoms with van der Waals surface area (Å²) in [5, 5.41) is 17.6. The first-order valence-electron chi connectivity index (χ1n) is 6.96. The first-order chi connectivity index (χ1) is 11.2. The van der Waals surface area contributed by atoms with Gasteiger partial charge in [-0.15, -0.1) is 5.10 Å². The lowest BCUT2D eigenvalue weighted by Crippen LogP contribution is -2.00. The number of nitrogens with one attached hydrogen (secondary N) is 1. The number of H-pyrrole nitrogens is 1. The number of hydrogen-bond acceptors (Lipinski definition) is 3. The van der Waals surface area contributed by atoms with Crippen LogP contribution < -0.4 is 0 Å². The van der Waals surface area contributed by atoms with Crippen molar-refractivity contribution in [2.45, 2.75) is 6.54 Å². The van der Waals surface area contributed by atoms with Crippen molar-refractivity contribution in [3.63, 3.8) is 0 Å². The molecule has 5 nitrogen and oxygen atoms in total.